The Kier molecular flexibility index (Phi) is 3.31. The lowest BCUT2D eigenvalue weighted by Crippen LogP contribution is -2.14. The number of carbonyl (C=O) groups excluding carboxylic acids is 1. The zero-order valence-electron chi connectivity index (χ0n) is 11.6. The van der Waals surface area contributed by atoms with E-state index in [-0.39, 0.29) is 18.0 Å². The van der Waals surface area contributed by atoms with E-state index in [0.29, 0.717) is 5.52 Å². The van der Waals surface area contributed by atoms with Gasteiger partial charge in [-0.3, -0.25) is 4.79 Å². The van der Waals surface area contributed by atoms with Crippen molar-refractivity contribution in [1.29, 1.82) is 0 Å². The Hall–Kier alpha value is -2.82. The molecule has 2 aromatic carbocycles. The van der Waals surface area contributed by atoms with E-state index in [1.54, 1.807) is 6.07 Å². The van der Waals surface area contributed by atoms with Crippen LogP contribution in [-0.4, -0.2) is 15.9 Å². The number of aryl methyl sites for hydroxylation is 1. The van der Waals surface area contributed by atoms with Gasteiger partial charge in [-0.2, -0.15) is 0 Å². The first-order chi connectivity index (χ1) is 10.1. The standard InChI is InChI=1S/C16H15N3O2/c1-10-3-2-4-12(7-10)17-15(20)9-11-5-6-13-14(8-11)19-16(21)18-13/h2-8H,9H2,1H3,(H,17,20)(H2,18,19,21). The maximum Gasteiger partial charge on any atom is 0.323 e. The van der Waals surface area contributed by atoms with Crippen molar-refractivity contribution in [2.45, 2.75) is 13.3 Å². The topological polar surface area (TPSA) is 77.8 Å². The van der Waals surface area contributed by atoms with Crippen LogP contribution in [0.4, 0.5) is 5.69 Å². The van der Waals surface area contributed by atoms with Gasteiger partial charge in [0.25, 0.3) is 0 Å². The fourth-order valence-corrected chi connectivity index (χ4v) is 2.30. The number of aromatic amines is 2. The molecule has 21 heavy (non-hydrogen) atoms. The molecule has 0 atom stereocenters. The molecule has 5 heteroatoms. The van der Waals surface area contributed by atoms with Crippen LogP contribution in [0.3, 0.4) is 0 Å². The smallest absolute Gasteiger partial charge is 0.323 e. The van der Waals surface area contributed by atoms with E-state index >= 15 is 0 Å². The van der Waals surface area contributed by atoms with Crippen molar-refractivity contribution in [2.24, 2.45) is 0 Å². The second-order valence-electron chi connectivity index (χ2n) is 5.05. The Balaban J connectivity index is 1.75. The Labute approximate surface area is 121 Å². The molecular weight excluding hydrogens is 266 g/mol. The second kappa shape index (κ2) is 5.28. The monoisotopic (exact) mass is 281 g/mol. The fourth-order valence-electron chi connectivity index (χ4n) is 2.30. The summed E-state index contributed by atoms with van der Waals surface area (Å²) in [6.07, 6.45) is 0.261. The van der Waals surface area contributed by atoms with Crippen LogP contribution in [0.25, 0.3) is 11.0 Å². The van der Waals surface area contributed by atoms with Crippen LogP contribution in [0, 0.1) is 6.92 Å². The summed E-state index contributed by atoms with van der Waals surface area (Å²) in [5.74, 6) is -0.0853. The number of hydrogen-bond donors (Lipinski definition) is 3. The van der Waals surface area contributed by atoms with Gasteiger partial charge in [-0.05, 0) is 42.3 Å². The van der Waals surface area contributed by atoms with Crippen LogP contribution in [0.2, 0.25) is 0 Å². The van der Waals surface area contributed by atoms with E-state index in [0.717, 1.165) is 22.3 Å². The minimum atomic E-state index is -0.244. The lowest BCUT2D eigenvalue weighted by atomic mass is 10.1. The van der Waals surface area contributed by atoms with E-state index in [1.807, 2.05) is 43.3 Å². The normalized spacial score (nSPS) is 10.7. The van der Waals surface area contributed by atoms with Crippen LogP contribution >= 0.6 is 0 Å². The molecule has 1 aromatic heterocycles. The molecule has 106 valence electrons. The molecule has 0 unspecified atom stereocenters. The predicted octanol–water partition coefficient (Wildman–Crippen LogP) is 2.35. The minimum absolute atomic E-state index is 0.0853. The highest BCUT2D eigenvalue weighted by molar-refractivity contribution is 5.92. The molecular formula is C16H15N3O2. The molecule has 0 saturated heterocycles. The van der Waals surface area contributed by atoms with Crippen LogP contribution < -0.4 is 11.0 Å². The quantitative estimate of drug-likeness (QED) is 0.689. The molecule has 0 aliphatic heterocycles. The van der Waals surface area contributed by atoms with Gasteiger partial charge in [-0.25, -0.2) is 4.79 Å². The Bertz CT molecular complexity index is 861. The van der Waals surface area contributed by atoms with Crippen molar-refractivity contribution in [1.82, 2.24) is 9.97 Å². The Morgan fingerprint density at radius 1 is 1.10 bits per heavy atom. The third kappa shape index (κ3) is 3.02. The van der Waals surface area contributed by atoms with Gasteiger partial charge < -0.3 is 15.3 Å². The molecule has 0 bridgehead atoms. The molecule has 1 heterocycles. The van der Waals surface area contributed by atoms with Crippen molar-refractivity contribution in [3.63, 3.8) is 0 Å². The number of benzene rings is 2. The lowest BCUT2D eigenvalue weighted by molar-refractivity contribution is -0.115. The van der Waals surface area contributed by atoms with Gasteiger partial charge in [0.2, 0.25) is 5.91 Å². The molecule has 0 aliphatic carbocycles. The summed E-state index contributed by atoms with van der Waals surface area (Å²) in [7, 11) is 0. The third-order valence-corrected chi connectivity index (χ3v) is 3.25. The predicted molar refractivity (Wildman–Crippen MR) is 82.4 cm³/mol. The summed E-state index contributed by atoms with van der Waals surface area (Å²) in [6, 6.07) is 13.1. The van der Waals surface area contributed by atoms with Gasteiger partial charge in [-0.1, -0.05) is 18.2 Å². The van der Waals surface area contributed by atoms with Gasteiger partial charge in [0.15, 0.2) is 0 Å². The molecule has 0 spiro atoms. The number of amides is 1. The number of H-pyrrole nitrogens is 2. The first kappa shape index (κ1) is 13.2. The van der Waals surface area contributed by atoms with Crippen LogP contribution in [0.1, 0.15) is 11.1 Å². The van der Waals surface area contributed by atoms with Crippen molar-refractivity contribution in [3.8, 4) is 0 Å². The molecule has 5 nitrogen and oxygen atoms in total. The molecule has 3 N–H and O–H groups in total. The van der Waals surface area contributed by atoms with Gasteiger partial charge in [0, 0.05) is 5.69 Å². The molecule has 0 fully saturated rings. The maximum absolute atomic E-state index is 12.0. The third-order valence-electron chi connectivity index (χ3n) is 3.25. The van der Waals surface area contributed by atoms with E-state index < -0.39 is 0 Å². The number of rotatable bonds is 3. The van der Waals surface area contributed by atoms with E-state index in [2.05, 4.69) is 15.3 Å². The fraction of sp³-hybridized carbons (Fsp3) is 0.125. The van der Waals surface area contributed by atoms with Crippen LogP contribution in [-0.2, 0) is 11.2 Å². The van der Waals surface area contributed by atoms with E-state index in [4.69, 9.17) is 0 Å². The lowest BCUT2D eigenvalue weighted by Gasteiger charge is -2.06. The molecule has 3 aromatic rings. The SMILES string of the molecule is Cc1cccc(NC(=O)Cc2ccc3[nH]c(=O)[nH]c3c2)c1. The number of aromatic nitrogens is 2. The van der Waals surface area contributed by atoms with Gasteiger partial charge >= 0.3 is 5.69 Å². The highest BCUT2D eigenvalue weighted by Gasteiger charge is 2.06. The highest BCUT2D eigenvalue weighted by Crippen LogP contribution is 2.13. The summed E-state index contributed by atoms with van der Waals surface area (Å²) in [4.78, 5) is 28.6. The van der Waals surface area contributed by atoms with Gasteiger partial charge in [-0.15, -0.1) is 0 Å². The van der Waals surface area contributed by atoms with Crippen molar-refractivity contribution in [2.75, 3.05) is 5.32 Å². The first-order valence-corrected chi connectivity index (χ1v) is 6.67. The summed E-state index contributed by atoms with van der Waals surface area (Å²) >= 11 is 0. The molecule has 0 aliphatic rings. The molecule has 1 amide bonds. The molecule has 0 saturated carbocycles. The zero-order valence-corrected chi connectivity index (χ0v) is 11.6. The Morgan fingerprint density at radius 3 is 2.71 bits per heavy atom. The highest BCUT2D eigenvalue weighted by atomic mass is 16.1. The van der Waals surface area contributed by atoms with Crippen LogP contribution in [0.15, 0.2) is 47.3 Å². The van der Waals surface area contributed by atoms with E-state index in [1.165, 1.54) is 0 Å². The maximum atomic E-state index is 12.0. The number of nitrogens with one attached hydrogen (secondary N) is 3. The number of anilines is 1. The number of hydrogen-bond acceptors (Lipinski definition) is 2. The summed E-state index contributed by atoms with van der Waals surface area (Å²) in [5.41, 5.74) is 3.94. The largest absolute Gasteiger partial charge is 0.326 e. The molecule has 0 radical (unpaired) electrons. The molecule has 3 rings (SSSR count). The average Bonchev–Trinajstić information content (AvgIpc) is 2.78. The van der Waals surface area contributed by atoms with Crippen LogP contribution in [0.5, 0.6) is 0 Å². The van der Waals surface area contributed by atoms with Gasteiger partial charge in [0.05, 0.1) is 17.5 Å². The number of carbonyl (C=O) groups is 1. The van der Waals surface area contributed by atoms with E-state index in [9.17, 15) is 9.59 Å². The average molecular weight is 281 g/mol. The minimum Gasteiger partial charge on any atom is -0.326 e. The summed E-state index contributed by atoms with van der Waals surface area (Å²) in [5, 5.41) is 2.87. The van der Waals surface area contributed by atoms with Crippen molar-refractivity contribution >= 4 is 22.6 Å². The number of imidazole rings is 1. The van der Waals surface area contributed by atoms with Crippen molar-refractivity contribution < 1.29 is 4.79 Å². The first-order valence-electron chi connectivity index (χ1n) is 6.67. The number of fused-ring (bicyclic) bond motifs is 1. The summed E-state index contributed by atoms with van der Waals surface area (Å²) < 4.78 is 0. The zero-order chi connectivity index (χ0) is 14.8. The van der Waals surface area contributed by atoms with Crippen molar-refractivity contribution in [3.05, 3.63) is 64.1 Å². The second-order valence-corrected chi connectivity index (χ2v) is 5.05. The summed E-state index contributed by atoms with van der Waals surface area (Å²) in [6.45, 7) is 1.98. The van der Waals surface area contributed by atoms with Gasteiger partial charge in [0.1, 0.15) is 0 Å². The Morgan fingerprint density at radius 2 is 1.90 bits per heavy atom.